The van der Waals surface area contributed by atoms with Crippen molar-refractivity contribution >= 4 is 23.5 Å². The van der Waals surface area contributed by atoms with Crippen LogP contribution in [0.25, 0.3) is 0 Å². The minimum absolute atomic E-state index is 0.162. The molecule has 1 aromatic heterocycles. The second-order valence-electron chi connectivity index (χ2n) is 5.64. The van der Waals surface area contributed by atoms with Crippen molar-refractivity contribution in [3.8, 4) is 0 Å². The van der Waals surface area contributed by atoms with Crippen LogP contribution >= 0.6 is 0 Å². The van der Waals surface area contributed by atoms with Gasteiger partial charge in [-0.25, -0.2) is 4.79 Å². The number of ether oxygens (including phenoxy) is 1. The molecule has 1 N–H and O–H groups in total. The van der Waals surface area contributed by atoms with Crippen LogP contribution in [0, 0.1) is 6.92 Å². The molecule has 2 rings (SSSR count). The number of pyridine rings is 1. The number of anilines is 1. The standard InChI is InChI=1S/C18H19N3O4/c1-11-5-6-12(17(23)21(2)3)8-15(11)20-16(22)13-7-14(10-19-9-13)18(24)25-4/h5-10H,1-4H3,(H,20,22). The van der Waals surface area contributed by atoms with E-state index in [-0.39, 0.29) is 17.0 Å². The van der Waals surface area contributed by atoms with E-state index in [0.29, 0.717) is 11.3 Å². The smallest absolute Gasteiger partial charge is 0.339 e. The van der Waals surface area contributed by atoms with Crippen LogP contribution in [-0.4, -0.2) is 48.9 Å². The quantitative estimate of drug-likeness (QED) is 0.861. The molecule has 1 heterocycles. The van der Waals surface area contributed by atoms with Crippen LogP contribution in [0.2, 0.25) is 0 Å². The fourth-order valence-electron chi connectivity index (χ4n) is 2.14. The molecule has 0 unspecified atom stereocenters. The summed E-state index contributed by atoms with van der Waals surface area (Å²) < 4.78 is 4.62. The van der Waals surface area contributed by atoms with Crippen molar-refractivity contribution in [1.82, 2.24) is 9.88 Å². The maximum absolute atomic E-state index is 12.4. The van der Waals surface area contributed by atoms with E-state index in [2.05, 4.69) is 15.0 Å². The van der Waals surface area contributed by atoms with E-state index in [1.807, 2.05) is 6.92 Å². The van der Waals surface area contributed by atoms with Gasteiger partial charge in [-0.3, -0.25) is 14.6 Å². The SMILES string of the molecule is COC(=O)c1cncc(C(=O)Nc2cc(C(=O)N(C)C)ccc2C)c1. The lowest BCUT2D eigenvalue weighted by atomic mass is 10.1. The lowest BCUT2D eigenvalue weighted by molar-refractivity contribution is 0.0600. The van der Waals surface area contributed by atoms with Crippen LogP contribution in [0.3, 0.4) is 0 Å². The van der Waals surface area contributed by atoms with Gasteiger partial charge in [0.1, 0.15) is 0 Å². The molecule has 0 aliphatic rings. The molecule has 0 radical (unpaired) electrons. The first-order valence-corrected chi connectivity index (χ1v) is 7.50. The molecular formula is C18H19N3O4. The second kappa shape index (κ2) is 7.57. The number of amides is 2. The van der Waals surface area contributed by atoms with Crippen molar-refractivity contribution in [2.75, 3.05) is 26.5 Å². The van der Waals surface area contributed by atoms with E-state index >= 15 is 0 Å². The molecule has 1 aromatic carbocycles. The molecule has 0 fully saturated rings. The summed E-state index contributed by atoms with van der Waals surface area (Å²) in [7, 11) is 4.57. The van der Waals surface area contributed by atoms with Crippen molar-refractivity contribution in [2.45, 2.75) is 6.92 Å². The van der Waals surface area contributed by atoms with Crippen LogP contribution < -0.4 is 5.32 Å². The van der Waals surface area contributed by atoms with Crippen molar-refractivity contribution in [2.24, 2.45) is 0 Å². The lowest BCUT2D eigenvalue weighted by Gasteiger charge is -2.13. The first-order valence-electron chi connectivity index (χ1n) is 7.50. The van der Waals surface area contributed by atoms with Gasteiger partial charge in [0.25, 0.3) is 11.8 Å². The second-order valence-corrected chi connectivity index (χ2v) is 5.64. The number of benzene rings is 1. The summed E-state index contributed by atoms with van der Waals surface area (Å²) in [5, 5.41) is 2.74. The van der Waals surface area contributed by atoms with E-state index in [0.717, 1.165) is 5.56 Å². The summed E-state index contributed by atoms with van der Waals surface area (Å²) in [6.45, 7) is 1.82. The van der Waals surface area contributed by atoms with Gasteiger partial charge in [-0.2, -0.15) is 0 Å². The molecule has 0 atom stereocenters. The van der Waals surface area contributed by atoms with Crippen molar-refractivity contribution < 1.29 is 19.1 Å². The van der Waals surface area contributed by atoms with Gasteiger partial charge in [0.15, 0.2) is 0 Å². The van der Waals surface area contributed by atoms with E-state index < -0.39 is 11.9 Å². The highest BCUT2D eigenvalue weighted by Crippen LogP contribution is 2.19. The average Bonchev–Trinajstić information content (AvgIpc) is 2.62. The monoisotopic (exact) mass is 341 g/mol. The molecule has 0 aliphatic carbocycles. The predicted octanol–water partition coefficient (Wildman–Crippen LogP) is 2.13. The summed E-state index contributed by atoms with van der Waals surface area (Å²) >= 11 is 0. The highest BCUT2D eigenvalue weighted by molar-refractivity contribution is 6.06. The number of rotatable bonds is 4. The van der Waals surface area contributed by atoms with E-state index in [1.54, 1.807) is 32.3 Å². The topological polar surface area (TPSA) is 88.6 Å². The minimum Gasteiger partial charge on any atom is -0.465 e. The Bertz CT molecular complexity index is 831. The molecular weight excluding hydrogens is 322 g/mol. The van der Waals surface area contributed by atoms with Crippen LogP contribution in [0.5, 0.6) is 0 Å². The van der Waals surface area contributed by atoms with E-state index in [4.69, 9.17) is 0 Å². The number of carbonyl (C=O) groups is 3. The highest BCUT2D eigenvalue weighted by Gasteiger charge is 2.14. The summed E-state index contributed by atoms with van der Waals surface area (Å²) in [5.74, 6) is -1.17. The predicted molar refractivity (Wildman–Crippen MR) is 92.7 cm³/mol. The average molecular weight is 341 g/mol. The number of nitrogens with zero attached hydrogens (tertiary/aromatic N) is 2. The van der Waals surface area contributed by atoms with Gasteiger partial charge in [-0.15, -0.1) is 0 Å². The summed E-state index contributed by atoms with van der Waals surface area (Å²) in [6.07, 6.45) is 2.68. The third-order valence-electron chi connectivity index (χ3n) is 3.56. The maximum Gasteiger partial charge on any atom is 0.339 e. The van der Waals surface area contributed by atoms with Gasteiger partial charge in [0.05, 0.1) is 18.2 Å². The third-order valence-corrected chi connectivity index (χ3v) is 3.56. The Morgan fingerprint density at radius 3 is 2.36 bits per heavy atom. The lowest BCUT2D eigenvalue weighted by Crippen LogP contribution is -2.22. The molecule has 130 valence electrons. The molecule has 7 heteroatoms. The Morgan fingerprint density at radius 1 is 1.04 bits per heavy atom. The van der Waals surface area contributed by atoms with Crippen molar-refractivity contribution in [3.63, 3.8) is 0 Å². The number of hydrogen-bond donors (Lipinski definition) is 1. The molecule has 2 amide bonds. The minimum atomic E-state index is -0.572. The van der Waals surface area contributed by atoms with Crippen LogP contribution in [0.1, 0.15) is 36.6 Å². The zero-order valence-electron chi connectivity index (χ0n) is 14.5. The van der Waals surface area contributed by atoms with Crippen LogP contribution in [-0.2, 0) is 4.74 Å². The molecule has 0 saturated heterocycles. The normalized spacial score (nSPS) is 10.1. The van der Waals surface area contributed by atoms with Gasteiger partial charge < -0.3 is 15.0 Å². The number of hydrogen-bond acceptors (Lipinski definition) is 5. The van der Waals surface area contributed by atoms with Gasteiger partial charge in [-0.05, 0) is 30.7 Å². The highest BCUT2D eigenvalue weighted by atomic mass is 16.5. The van der Waals surface area contributed by atoms with Gasteiger partial charge >= 0.3 is 5.97 Å². The number of esters is 1. The number of nitrogens with one attached hydrogen (secondary N) is 1. The fraction of sp³-hybridized carbons (Fsp3) is 0.222. The van der Waals surface area contributed by atoms with Crippen molar-refractivity contribution in [3.05, 3.63) is 58.9 Å². The first-order chi connectivity index (χ1) is 11.8. The molecule has 0 aliphatic heterocycles. The van der Waals surface area contributed by atoms with E-state index in [1.165, 1.54) is 30.5 Å². The Morgan fingerprint density at radius 2 is 1.72 bits per heavy atom. The summed E-state index contributed by atoms with van der Waals surface area (Å²) in [6, 6.07) is 6.48. The molecule has 7 nitrogen and oxygen atoms in total. The third kappa shape index (κ3) is 4.20. The Labute approximate surface area is 145 Å². The Kier molecular flexibility index (Phi) is 5.49. The van der Waals surface area contributed by atoms with Crippen LogP contribution in [0.4, 0.5) is 5.69 Å². The zero-order valence-corrected chi connectivity index (χ0v) is 14.5. The Hall–Kier alpha value is -3.22. The van der Waals surface area contributed by atoms with Crippen LogP contribution in [0.15, 0.2) is 36.7 Å². The molecule has 0 bridgehead atoms. The molecule has 2 aromatic rings. The van der Waals surface area contributed by atoms with Crippen molar-refractivity contribution in [1.29, 1.82) is 0 Å². The zero-order chi connectivity index (χ0) is 18.6. The summed E-state index contributed by atoms with van der Waals surface area (Å²) in [4.78, 5) is 41.4. The van der Waals surface area contributed by atoms with Gasteiger partial charge in [0.2, 0.25) is 0 Å². The summed E-state index contributed by atoms with van der Waals surface area (Å²) in [5.41, 5.74) is 2.18. The first kappa shape index (κ1) is 18.1. The molecule has 25 heavy (non-hydrogen) atoms. The Balaban J connectivity index is 2.27. The van der Waals surface area contributed by atoms with Gasteiger partial charge in [0, 0.05) is 37.7 Å². The number of methoxy groups -OCH3 is 1. The maximum atomic E-state index is 12.4. The number of aryl methyl sites for hydroxylation is 1. The molecule has 0 spiro atoms. The number of aromatic nitrogens is 1. The largest absolute Gasteiger partial charge is 0.465 e. The molecule has 0 saturated carbocycles. The fourth-order valence-corrected chi connectivity index (χ4v) is 2.14. The van der Waals surface area contributed by atoms with E-state index in [9.17, 15) is 14.4 Å². The number of carbonyl (C=O) groups excluding carboxylic acids is 3. The van der Waals surface area contributed by atoms with Gasteiger partial charge in [-0.1, -0.05) is 6.07 Å².